The summed E-state index contributed by atoms with van der Waals surface area (Å²) in [5, 5.41) is 11.8. The van der Waals surface area contributed by atoms with Crippen LogP contribution in [-0.2, 0) is 4.79 Å². The Balaban J connectivity index is 2.58. The van der Waals surface area contributed by atoms with E-state index in [4.69, 9.17) is 5.26 Å². The van der Waals surface area contributed by atoms with Gasteiger partial charge in [-0.3, -0.25) is 4.79 Å². The molecule has 0 fully saturated rings. The molecule has 0 heterocycles. The van der Waals surface area contributed by atoms with Crippen LogP contribution in [0.1, 0.15) is 25.8 Å². The van der Waals surface area contributed by atoms with E-state index < -0.39 is 0 Å². The third-order valence-corrected chi connectivity index (χ3v) is 3.25. The predicted molar refractivity (Wildman–Crippen MR) is 80.4 cm³/mol. The molecule has 4 heteroatoms. The lowest BCUT2D eigenvalue weighted by atomic mass is 10.2. The summed E-state index contributed by atoms with van der Waals surface area (Å²) in [6.07, 6.45) is 1.01. The van der Waals surface area contributed by atoms with Crippen molar-refractivity contribution >= 4 is 11.6 Å². The highest BCUT2D eigenvalue weighted by atomic mass is 16.2. The second kappa shape index (κ2) is 8.34. The SMILES string of the molecule is CCC[NH+](CC(=O)Nc1ccccc1C)C[C@H](C)C#N. The Morgan fingerprint density at radius 3 is 2.75 bits per heavy atom. The third-order valence-electron chi connectivity index (χ3n) is 3.25. The molecule has 0 saturated heterocycles. The van der Waals surface area contributed by atoms with Crippen LogP contribution < -0.4 is 10.2 Å². The lowest BCUT2D eigenvalue weighted by Crippen LogP contribution is -3.13. The molecule has 0 aromatic heterocycles. The molecular formula is C16H24N3O+. The van der Waals surface area contributed by atoms with E-state index >= 15 is 0 Å². The zero-order valence-corrected chi connectivity index (χ0v) is 12.6. The first-order valence-corrected chi connectivity index (χ1v) is 7.15. The van der Waals surface area contributed by atoms with E-state index in [0.717, 1.165) is 29.1 Å². The molecule has 1 amide bonds. The smallest absolute Gasteiger partial charge is 0.279 e. The minimum Gasteiger partial charge on any atom is -0.326 e. The number of nitrogens with one attached hydrogen (secondary N) is 2. The minimum absolute atomic E-state index is 0.00731. The van der Waals surface area contributed by atoms with Crippen LogP contribution in [0, 0.1) is 24.2 Å². The number of quaternary nitrogens is 1. The van der Waals surface area contributed by atoms with Crippen molar-refractivity contribution in [3.05, 3.63) is 29.8 Å². The van der Waals surface area contributed by atoms with Crippen molar-refractivity contribution < 1.29 is 9.69 Å². The molecule has 1 rings (SSSR count). The molecule has 4 nitrogen and oxygen atoms in total. The molecule has 1 aromatic rings. The highest BCUT2D eigenvalue weighted by Gasteiger charge is 2.17. The zero-order chi connectivity index (χ0) is 15.0. The Morgan fingerprint density at radius 1 is 1.45 bits per heavy atom. The number of para-hydroxylation sites is 1. The van der Waals surface area contributed by atoms with Gasteiger partial charge in [0.05, 0.1) is 25.1 Å². The number of benzene rings is 1. The first kappa shape index (κ1) is 16.2. The molecule has 2 atom stereocenters. The van der Waals surface area contributed by atoms with Crippen LogP contribution in [0.15, 0.2) is 24.3 Å². The van der Waals surface area contributed by atoms with E-state index in [0.29, 0.717) is 13.1 Å². The number of hydrogen-bond donors (Lipinski definition) is 2. The molecule has 0 aliphatic heterocycles. The molecule has 0 aliphatic carbocycles. The van der Waals surface area contributed by atoms with E-state index in [1.54, 1.807) is 0 Å². The first-order valence-electron chi connectivity index (χ1n) is 7.15. The van der Waals surface area contributed by atoms with Gasteiger partial charge in [0, 0.05) is 5.69 Å². The molecule has 108 valence electrons. The average molecular weight is 274 g/mol. The number of aryl methyl sites for hydroxylation is 1. The van der Waals surface area contributed by atoms with Gasteiger partial charge in [0.15, 0.2) is 6.54 Å². The summed E-state index contributed by atoms with van der Waals surface area (Å²) in [4.78, 5) is 13.3. The van der Waals surface area contributed by atoms with Crippen LogP contribution >= 0.6 is 0 Å². The number of rotatable bonds is 7. The monoisotopic (exact) mass is 274 g/mol. The quantitative estimate of drug-likeness (QED) is 0.789. The van der Waals surface area contributed by atoms with Gasteiger partial charge >= 0.3 is 0 Å². The van der Waals surface area contributed by atoms with E-state index in [9.17, 15) is 4.79 Å². The topological polar surface area (TPSA) is 57.3 Å². The van der Waals surface area contributed by atoms with Crippen LogP contribution in [0.4, 0.5) is 5.69 Å². The van der Waals surface area contributed by atoms with Crippen LogP contribution in [0.2, 0.25) is 0 Å². The summed E-state index contributed by atoms with van der Waals surface area (Å²) in [6.45, 7) is 8.00. The van der Waals surface area contributed by atoms with Gasteiger partial charge in [-0.05, 0) is 31.9 Å². The summed E-state index contributed by atoms with van der Waals surface area (Å²) in [5.74, 6) is -0.0179. The molecule has 0 bridgehead atoms. The van der Waals surface area contributed by atoms with Crippen molar-refractivity contribution in [2.75, 3.05) is 25.0 Å². The number of amides is 1. The van der Waals surface area contributed by atoms with Gasteiger partial charge in [-0.1, -0.05) is 25.1 Å². The maximum absolute atomic E-state index is 12.1. The Bertz CT molecular complexity index is 479. The van der Waals surface area contributed by atoms with Crippen molar-refractivity contribution in [2.45, 2.75) is 27.2 Å². The van der Waals surface area contributed by atoms with Gasteiger partial charge in [-0.25, -0.2) is 0 Å². The number of hydrogen-bond acceptors (Lipinski definition) is 2. The fraction of sp³-hybridized carbons (Fsp3) is 0.500. The zero-order valence-electron chi connectivity index (χ0n) is 12.6. The predicted octanol–water partition coefficient (Wildman–Crippen LogP) is 1.39. The van der Waals surface area contributed by atoms with E-state index in [2.05, 4.69) is 18.3 Å². The van der Waals surface area contributed by atoms with Gasteiger partial charge in [-0.15, -0.1) is 0 Å². The highest BCUT2D eigenvalue weighted by Crippen LogP contribution is 2.12. The van der Waals surface area contributed by atoms with Crippen molar-refractivity contribution in [3.8, 4) is 6.07 Å². The number of carbonyl (C=O) groups is 1. The molecule has 1 unspecified atom stereocenters. The summed E-state index contributed by atoms with van der Waals surface area (Å²) in [7, 11) is 0. The van der Waals surface area contributed by atoms with Crippen molar-refractivity contribution in [1.29, 1.82) is 5.26 Å². The van der Waals surface area contributed by atoms with Crippen molar-refractivity contribution in [1.82, 2.24) is 0 Å². The van der Waals surface area contributed by atoms with Gasteiger partial charge in [0.25, 0.3) is 5.91 Å². The number of carbonyl (C=O) groups excluding carboxylic acids is 1. The van der Waals surface area contributed by atoms with Crippen LogP contribution in [0.5, 0.6) is 0 Å². The Labute approximate surface area is 121 Å². The molecule has 1 aromatic carbocycles. The maximum atomic E-state index is 12.1. The lowest BCUT2D eigenvalue weighted by molar-refractivity contribution is -0.894. The summed E-state index contributed by atoms with van der Waals surface area (Å²) in [6, 6.07) is 9.98. The van der Waals surface area contributed by atoms with Crippen LogP contribution in [-0.4, -0.2) is 25.5 Å². The third kappa shape index (κ3) is 5.41. The first-order chi connectivity index (χ1) is 9.56. The average Bonchev–Trinajstić information content (AvgIpc) is 2.41. The van der Waals surface area contributed by atoms with Gasteiger partial charge in [-0.2, -0.15) is 5.26 Å². The van der Waals surface area contributed by atoms with E-state index in [1.165, 1.54) is 0 Å². The number of nitriles is 1. The maximum Gasteiger partial charge on any atom is 0.279 e. The molecule has 0 spiro atoms. The summed E-state index contributed by atoms with van der Waals surface area (Å²) in [5.41, 5.74) is 1.92. The second-order valence-electron chi connectivity index (χ2n) is 5.27. The molecule has 0 radical (unpaired) electrons. The Morgan fingerprint density at radius 2 is 2.15 bits per heavy atom. The van der Waals surface area contributed by atoms with Crippen LogP contribution in [0.3, 0.4) is 0 Å². The van der Waals surface area contributed by atoms with E-state index in [1.807, 2.05) is 38.1 Å². The van der Waals surface area contributed by atoms with Gasteiger partial charge in [0.1, 0.15) is 0 Å². The van der Waals surface area contributed by atoms with Gasteiger partial charge in [0.2, 0.25) is 0 Å². The molecule has 0 aliphatic rings. The summed E-state index contributed by atoms with van der Waals surface area (Å²) >= 11 is 0. The number of nitrogens with zero attached hydrogens (tertiary/aromatic N) is 1. The molecule has 0 saturated carbocycles. The highest BCUT2D eigenvalue weighted by molar-refractivity contribution is 5.92. The number of anilines is 1. The van der Waals surface area contributed by atoms with Gasteiger partial charge < -0.3 is 10.2 Å². The Hall–Kier alpha value is -1.86. The Kier molecular flexibility index (Phi) is 6.75. The fourth-order valence-corrected chi connectivity index (χ4v) is 2.23. The molecular weight excluding hydrogens is 250 g/mol. The normalized spacial score (nSPS) is 13.3. The van der Waals surface area contributed by atoms with Crippen molar-refractivity contribution in [2.24, 2.45) is 5.92 Å². The van der Waals surface area contributed by atoms with E-state index in [-0.39, 0.29) is 11.8 Å². The van der Waals surface area contributed by atoms with Crippen LogP contribution in [0.25, 0.3) is 0 Å². The minimum atomic E-state index is -0.0252. The fourth-order valence-electron chi connectivity index (χ4n) is 2.23. The molecule has 20 heavy (non-hydrogen) atoms. The second-order valence-corrected chi connectivity index (χ2v) is 5.27. The standard InChI is InChI=1S/C16H23N3O/c1-4-9-19(11-13(2)10-17)12-16(20)18-15-8-6-5-7-14(15)3/h5-8,13H,4,9,11-12H2,1-3H3,(H,18,20)/p+1/t13-/m1/s1. The lowest BCUT2D eigenvalue weighted by Gasteiger charge is -2.19. The summed E-state index contributed by atoms with van der Waals surface area (Å²) < 4.78 is 0. The molecule has 2 N–H and O–H groups in total. The van der Waals surface area contributed by atoms with Crippen molar-refractivity contribution in [3.63, 3.8) is 0 Å². The largest absolute Gasteiger partial charge is 0.326 e.